The van der Waals surface area contributed by atoms with E-state index < -0.39 is 5.41 Å². The van der Waals surface area contributed by atoms with Gasteiger partial charge in [0.2, 0.25) is 10.9 Å². The number of anilines is 1. The summed E-state index contributed by atoms with van der Waals surface area (Å²) in [6.45, 7) is 2.50. The Hall–Kier alpha value is -5.43. The molecular weight excluding hydrogens is 634 g/mol. The van der Waals surface area contributed by atoms with E-state index in [0.29, 0.717) is 75.5 Å². The predicted molar refractivity (Wildman–Crippen MR) is 178 cm³/mol. The number of nitrogens with zero attached hydrogens (tertiary/aromatic N) is 2. The van der Waals surface area contributed by atoms with Crippen molar-refractivity contribution in [3.8, 4) is 17.2 Å². The summed E-state index contributed by atoms with van der Waals surface area (Å²) < 4.78 is 5.20. The standard InChI is InChI=1S/C35H29N5O7S/c1-14-28-18(8-23(38-28)34(46)48-3)17-4-5-39(30(17)31(14)43)32(44)22-9-19-29(37-22)25(42)11-27-35(19)12-16(35)13-40(27)33(45)21-6-15-7-24(41)26(47-2)10-20(15)36-21/h6-11,16,36-38,41,43H,4-5,12-13H2,1-3H3/t16-,35?/m1/s1. The smallest absolute Gasteiger partial charge is 0.274 e. The van der Waals surface area contributed by atoms with Crippen LogP contribution >= 0.6 is 11.8 Å². The monoisotopic (exact) mass is 663 g/mol. The first-order valence-electron chi connectivity index (χ1n) is 15.5. The number of ketones is 1. The number of rotatable bonds is 4. The molecule has 2 aliphatic carbocycles. The first kappa shape index (κ1) is 28.8. The highest BCUT2D eigenvalue weighted by atomic mass is 32.2. The average molecular weight is 664 g/mol. The number of ether oxygens (including phenoxy) is 1. The Kier molecular flexibility index (Phi) is 5.73. The van der Waals surface area contributed by atoms with Crippen LogP contribution < -0.4 is 9.64 Å². The minimum Gasteiger partial charge on any atom is -0.505 e. The average Bonchev–Trinajstić information content (AvgIpc) is 3.71. The van der Waals surface area contributed by atoms with Crippen molar-refractivity contribution in [2.45, 2.75) is 25.2 Å². The molecule has 2 aliphatic heterocycles. The van der Waals surface area contributed by atoms with Crippen molar-refractivity contribution < 1.29 is 34.1 Å². The summed E-state index contributed by atoms with van der Waals surface area (Å²) in [6, 6.07) is 8.35. The number of aromatic amines is 3. The lowest BCUT2D eigenvalue weighted by Gasteiger charge is -2.27. The first-order chi connectivity index (χ1) is 23.0. The number of benzene rings is 2. The number of phenolic OH excluding ortho intramolecular Hbond substituents is 2. The SMILES string of the molecule is COc1cc2[nH]c(C(=O)N3C[C@H]4CC45C3=CC(=O)c3[nH]c(C(=O)N4CCc6c4c(O)c(C)c4[nH]c(C(=O)SC)cc64)cc35)cc2cc1O. The van der Waals surface area contributed by atoms with Crippen molar-refractivity contribution in [3.05, 3.63) is 81.6 Å². The highest BCUT2D eigenvalue weighted by molar-refractivity contribution is 8.13. The van der Waals surface area contributed by atoms with E-state index in [9.17, 15) is 29.4 Å². The Bertz CT molecular complexity index is 2380. The zero-order valence-corrected chi connectivity index (χ0v) is 26.9. The quantitative estimate of drug-likeness (QED) is 0.181. The number of nitrogens with one attached hydrogen (secondary N) is 3. The first-order valence-corrected chi connectivity index (χ1v) is 16.8. The van der Waals surface area contributed by atoms with Gasteiger partial charge in [0, 0.05) is 58.2 Å². The summed E-state index contributed by atoms with van der Waals surface area (Å²) in [5, 5.41) is 22.8. The van der Waals surface area contributed by atoms with Crippen LogP contribution in [-0.2, 0) is 11.8 Å². The van der Waals surface area contributed by atoms with E-state index >= 15 is 0 Å². The van der Waals surface area contributed by atoms with Gasteiger partial charge >= 0.3 is 0 Å². The molecule has 13 heteroatoms. The molecule has 5 heterocycles. The summed E-state index contributed by atoms with van der Waals surface area (Å²) in [5.41, 5.74) is 5.14. The molecule has 1 spiro atoms. The molecule has 242 valence electrons. The van der Waals surface area contributed by atoms with Crippen LogP contribution in [0.15, 0.2) is 42.1 Å². The van der Waals surface area contributed by atoms with E-state index in [0.717, 1.165) is 29.1 Å². The molecule has 1 saturated heterocycles. The predicted octanol–water partition coefficient (Wildman–Crippen LogP) is 4.91. The summed E-state index contributed by atoms with van der Waals surface area (Å²) in [6.07, 6.45) is 4.46. The molecule has 0 bridgehead atoms. The Labute approximate surface area is 276 Å². The zero-order valence-electron chi connectivity index (χ0n) is 26.1. The molecule has 5 aromatic rings. The fraction of sp³-hybridized carbons (Fsp3) is 0.257. The molecule has 2 aromatic carbocycles. The zero-order chi connectivity index (χ0) is 33.4. The fourth-order valence-corrected chi connectivity index (χ4v) is 8.51. The number of hydrogen-bond acceptors (Lipinski definition) is 8. The number of piperidine rings is 1. The summed E-state index contributed by atoms with van der Waals surface area (Å²) in [4.78, 5) is 66.4. The summed E-state index contributed by atoms with van der Waals surface area (Å²) >= 11 is 1.10. The van der Waals surface area contributed by atoms with Gasteiger partial charge in [0.15, 0.2) is 11.5 Å². The van der Waals surface area contributed by atoms with Crippen LogP contribution in [0.5, 0.6) is 17.2 Å². The van der Waals surface area contributed by atoms with Crippen molar-refractivity contribution >= 4 is 62.0 Å². The number of carbonyl (C=O) groups excluding carboxylic acids is 4. The van der Waals surface area contributed by atoms with Crippen LogP contribution in [0.3, 0.4) is 0 Å². The van der Waals surface area contributed by atoms with Gasteiger partial charge in [-0.1, -0.05) is 11.8 Å². The number of phenols is 2. The number of amides is 2. The topological polar surface area (TPSA) is 172 Å². The van der Waals surface area contributed by atoms with E-state index in [2.05, 4.69) is 15.0 Å². The second-order valence-corrected chi connectivity index (χ2v) is 13.7. The third kappa shape index (κ3) is 3.61. The summed E-state index contributed by atoms with van der Waals surface area (Å²) in [5.74, 6) is -0.669. The van der Waals surface area contributed by atoms with Crippen LogP contribution in [0.1, 0.15) is 65.1 Å². The van der Waals surface area contributed by atoms with Crippen molar-refractivity contribution in [1.82, 2.24) is 19.9 Å². The van der Waals surface area contributed by atoms with E-state index in [-0.39, 0.29) is 51.6 Å². The number of carbonyl (C=O) groups is 4. The van der Waals surface area contributed by atoms with Gasteiger partial charge in [0.25, 0.3) is 11.8 Å². The molecule has 1 saturated carbocycles. The number of aromatic hydroxyl groups is 2. The maximum absolute atomic E-state index is 14.1. The number of thioether (sulfide) groups is 1. The maximum atomic E-state index is 14.1. The normalized spacial score (nSPS) is 20.5. The molecule has 2 amide bonds. The molecule has 2 fully saturated rings. The molecule has 3 aromatic heterocycles. The van der Waals surface area contributed by atoms with Crippen molar-refractivity contribution in [2.75, 3.05) is 31.4 Å². The third-order valence-corrected chi connectivity index (χ3v) is 11.2. The van der Waals surface area contributed by atoms with Gasteiger partial charge in [-0.25, -0.2) is 0 Å². The largest absolute Gasteiger partial charge is 0.505 e. The van der Waals surface area contributed by atoms with E-state index in [1.54, 1.807) is 42.3 Å². The number of H-pyrrole nitrogens is 3. The van der Waals surface area contributed by atoms with Gasteiger partial charge in [0.1, 0.15) is 17.1 Å². The van der Waals surface area contributed by atoms with Crippen LogP contribution in [0.25, 0.3) is 21.8 Å². The number of aromatic nitrogens is 3. The Morgan fingerprint density at radius 1 is 1.00 bits per heavy atom. The number of allylic oxidation sites excluding steroid dienone is 2. The molecule has 12 nitrogen and oxygen atoms in total. The molecular formula is C35H29N5O7S. The lowest BCUT2D eigenvalue weighted by atomic mass is 9.85. The van der Waals surface area contributed by atoms with Crippen molar-refractivity contribution in [3.63, 3.8) is 0 Å². The van der Waals surface area contributed by atoms with E-state index in [1.165, 1.54) is 24.2 Å². The minimum atomic E-state index is -0.555. The highest BCUT2D eigenvalue weighted by Gasteiger charge is 2.68. The van der Waals surface area contributed by atoms with Crippen molar-refractivity contribution in [2.24, 2.45) is 5.92 Å². The molecule has 9 rings (SSSR count). The van der Waals surface area contributed by atoms with Gasteiger partial charge < -0.3 is 39.7 Å². The van der Waals surface area contributed by atoms with Gasteiger partial charge in [-0.15, -0.1) is 0 Å². The molecule has 4 aliphatic rings. The Morgan fingerprint density at radius 3 is 2.54 bits per heavy atom. The number of aryl methyl sites for hydroxylation is 1. The van der Waals surface area contributed by atoms with Crippen LogP contribution in [0, 0.1) is 12.8 Å². The number of likely N-dealkylation sites (tertiary alicyclic amines) is 1. The molecule has 48 heavy (non-hydrogen) atoms. The van der Waals surface area contributed by atoms with Crippen LogP contribution in [-0.4, -0.2) is 79.2 Å². The Morgan fingerprint density at radius 2 is 1.77 bits per heavy atom. The molecule has 0 radical (unpaired) electrons. The molecule has 1 unspecified atom stereocenters. The number of hydrogen-bond donors (Lipinski definition) is 5. The van der Waals surface area contributed by atoms with Crippen molar-refractivity contribution in [1.29, 1.82) is 0 Å². The minimum absolute atomic E-state index is 0.0267. The van der Waals surface area contributed by atoms with E-state index in [1.807, 2.05) is 0 Å². The van der Waals surface area contributed by atoms with Gasteiger partial charge in [-0.3, -0.25) is 19.2 Å². The van der Waals surface area contributed by atoms with Crippen LogP contribution in [0.4, 0.5) is 5.69 Å². The molecule has 2 atom stereocenters. The Balaban J connectivity index is 1.04. The van der Waals surface area contributed by atoms with Gasteiger partial charge in [-0.05, 0) is 67.3 Å². The lowest BCUT2D eigenvalue weighted by molar-refractivity contribution is 0.0806. The maximum Gasteiger partial charge on any atom is 0.274 e. The number of fused-ring (bicyclic) bond motifs is 5. The van der Waals surface area contributed by atoms with Gasteiger partial charge in [-0.2, -0.15) is 0 Å². The number of methoxy groups -OCH3 is 1. The van der Waals surface area contributed by atoms with Gasteiger partial charge in [0.05, 0.1) is 29.7 Å². The lowest BCUT2D eigenvalue weighted by Crippen LogP contribution is -2.33. The van der Waals surface area contributed by atoms with Crippen LogP contribution in [0.2, 0.25) is 0 Å². The third-order valence-electron chi connectivity index (χ3n) is 10.6. The second-order valence-electron chi connectivity index (χ2n) is 12.9. The highest BCUT2D eigenvalue weighted by Crippen LogP contribution is 2.67. The molecule has 5 N–H and O–H groups in total. The second kappa shape index (κ2) is 9.57. The van der Waals surface area contributed by atoms with E-state index in [4.69, 9.17) is 4.74 Å². The summed E-state index contributed by atoms with van der Waals surface area (Å²) in [7, 11) is 1.45. The fourth-order valence-electron chi connectivity index (χ4n) is 8.18.